The fourth-order valence-electron chi connectivity index (χ4n) is 2.15. The lowest BCUT2D eigenvalue weighted by Gasteiger charge is -2.30. The van der Waals surface area contributed by atoms with Gasteiger partial charge in [0.05, 0.1) is 0 Å². The van der Waals surface area contributed by atoms with Crippen LogP contribution in [0.5, 0.6) is 0 Å². The van der Waals surface area contributed by atoms with Crippen LogP contribution >= 0.6 is 0 Å². The van der Waals surface area contributed by atoms with Gasteiger partial charge in [0.2, 0.25) is 0 Å². The molecular weight excluding hydrogens is 152 g/mol. The molecule has 0 saturated heterocycles. The molecule has 12 heavy (non-hydrogen) atoms. The summed E-state index contributed by atoms with van der Waals surface area (Å²) >= 11 is 0. The van der Waals surface area contributed by atoms with E-state index in [2.05, 4.69) is 0 Å². The van der Waals surface area contributed by atoms with Gasteiger partial charge in [0.15, 0.2) is 0 Å². The highest BCUT2D eigenvalue weighted by molar-refractivity contribution is 4.74. The average Bonchev–Trinajstić information content (AvgIpc) is 2.09. The van der Waals surface area contributed by atoms with E-state index in [1.807, 2.05) is 0 Å². The van der Waals surface area contributed by atoms with Gasteiger partial charge < -0.3 is 9.47 Å². The molecule has 0 spiro atoms. The third-order valence-electron chi connectivity index (χ3n) is 2.83. The number of methoxy groups -OCH3 is 2. The highest BCUT2D eigenvalue weighted by atomic mass is 16.5. The van der Waals surface area contributed by atoms with Gasteiger partial charge in [-0.05, 0) is 24.7 Å². The zero-order valence-electron chi connectivity index (χ0n) is 8.21. The van der Waals surface area contributed by atoms with E-state index >= 15 is 0 Å². The standard InChI is InChI=1S/C10H20O2/c1-11-7-9-5-3-4-6-10(9)8-12-2/h9-10H,3-8H2,1-2H3/t9-,10+. The van der Waals surface area contributed by atoms with E-state index in [0.717, 1.165) is 25.0 Å². The summed E-state index contributed by atoms with van der Waals surface area (Å²) in [5.41, 5.74) is 0. The van der Waals surface area contributed by atoms with Gasteiger partial charge in [-0.25, -0.2) is 0 Å². The molecule has 0 aromatic carbocycles. The number of hydrogen-bond acceptors (Lipinski definition) is 2. The van der Waals surface area contributed by atoms with Crippen LogP contribution in [0.15, 0.2) is 0 Å². The Morgan fingerprint density at radius 2 is 1.33 bits per heavy atom. The van der Waals surface area contributed by atoms with Crippen molar-refractivity contribution in [1.29, 1.82) is 0 Å². The van der Waals surface area contributed by atoms with Crippen LogP contribution in [-0.4, -0.2) is 27.4 Å². The van der Waals surface area contributed by atoms with E-state index in [-0.39, 0.29) is 0 Å². The minimum absolute atomic E-state index is 0.740. The van der Waals surface area contributed by atoms with E-state index < -0.39 is 0 Å². The highest BCUT2D eigenvalue weighted by Gasteiger charge is 2.24. The van der Waals surface area contributed by atoms with Crippen LogP contribution in [0.1, 0.15) is 25.7 Å². The van der Waals surface area contributed by atoms with Crippen molar-refractivity contribution in [3.63, 3.8) is 0 Å². The first-order valence-electron chi connectivity index (χ1n) is 4.86. The number of ether oxygens (including phenoxy) is 2. The molecule has 0 amide bonds. The first-order valence-corrected chi connectivity index (χ1v) is 4.86. The Morgan fingerprint density at radius 1 is 0.917 bits per heavy atom. The van der Waals surface area contributed by atoms with Gasteiger partial charge in [0.25, 0.3) is 0 Å². The minimum atomic E-state index is 0.740. The lowest BCUT2D eigenvalue weighted by molar-refractivity contribution is 0.0465. The quantitative estimate of drug-likeness (QED) is 0.646. The molecule has 1 aliphatic carbocycles. The van der Waals surface area contributed by atoms with Gasteiger partial charge in [-0.2, -0.15) is 0 Å². The van der Waals surface area contributed by atoms with Gasteiger partial charge in [-0.3, -0.25) is 0 Å². The van der Waals surface area contributed by atoms with Crippen molar-refractivity contribution in [3.8, 4) is 0 Å². The van der Waals surface area contributed by atoms with Crippen LogP contribution in [0, 0.1) is 11.8 Å². The van der Waals surface area contributed by atoms with Crippen LogP contribution in [-0.2, 0) is 9.47 Å². The van der Waals surface area contributed by atoms with Gasteiger partial charge in [-0.1, -0.05) is 12.8 Å². The summed E-state index contributed by atoms with van der Waals surface area (Å²) in [6.45, 7) is 1.82. The maximum absolute atomic E-state index is 5.20. The molecule has 0 unspecified atom stereocenters. The zero-order chi connectivity index (χ0) is 8.81. The van der Waals surface area contributed by atoms with Gasteiger partial charge >= 0.3 is 0 Å². The Hall–Kier alpha value is -0.0800. The Balaban J connectivity index is 2.31. The molecule has 2 atom stereocenters. The topological polar surface area (TPSA) is 18.5 Å². The third-order valence-corrected chi connectivity index (χ3v) is 2.83. The first kappa shape index (κ1) is 10.0. The Kier molecular flexibility index (Phi) is 4.62. The molecule has 0 aliphatic heterocycles. The molecule has 72 valence electrons. The maximum atomic E-state index is 5.20. The Bertz CT molecular complexity index is 96.4. The SMILES string of the molecule is COC[C@H]1CCCC[C@H]1COC. The van der Waals surface area contributed by atoms with Crippen LogP contribution in [0.2, 0.25) is 0 Å². The van der Waals surface area contributed by atoms with Crippen molar-refractivity contribution in [3.05, 3.63) is 0 Å². The predicted octanol–water partition coefficient (Wildman–Crippen LogP) is 2.09. The second-order valence-electron chi connectivity index (χ2n) is 3.72. The number of rotatable bonds is 4. The summed E-state index contributed by atoms with van der Waals surface area (Å²) in [6, 6.07) is 0. The first-order chi connectivity index (χ1) is 5.88. The maximum Gasteiger partial charge on any atom is 0.0493 e. The Labute approximate surface area is 75.2 Å². The summed E-state index contributed by atoms with van der Waals surface area (Å²) in [5, 5.41) is 0. The minimum Gasteiger partial charge on any atom is -0.384 e. The number of hydrogen-bond donors (Lipinski definition) is 0. The molecular formula is C10H20O2. The third kappa shape index (κ3) is 2.76. The van der Waals surface area contributed by atoms with Crippen LogP contribution in [0.3, 0.4) is 0 Å². The van der Waals surface area contributed by atoms with Crippen molar-refractivity contribution in [1.82, 2.24) is 0 Å². The Morgan fingerprint density at radius 3 is 1.67 bits per heavy atom. The lowest BCUT2D eigenvalue weighted by atomic mass is 9.80. The second-order valence-corrected chi connectivity index (χ2v) is 3.72. The van der Waals surface area contributed by atoms with Crippen LogP contribution in [0.4, 0.5) is 0 Å². The molecule has 0 aromatic rings. The molecule has 1 rings (SSSR count). The van der Waals surface area contributed by atoms with E-state index in [9.17, 15) is 0 Å². The summed E-state index contributed by atoms with van der Waals surface area (Å²) in [6.07, 6.45) is 5.38. The van der Waals surface area contributed by atoms with E-state index in [4.69, 9.17) is 9.47 Å². The van der Waals surface area contributed by atoms with Crippen molar-refractivity contribution in [2.75, 3.05) is 27.4 Å². The molecule has 0 bridgehead atoms. The molecule has 0 N–H and O–H groups in total. The fourth-order valence-corrected chi connectivity index (χ4v) is 2.15. The van der Waals surface area contributed by atoms with E-state index in [1.165, 1.54) is 25.7 Å². The van der Waals surface area contributed by atoms with E-state index in [1.54, 1.807) is 14.2 Å². The van der Waals surface area contributed by atoms with Crippen molar-refractivity contribution in [2.24, 2.45) is 11.8 Å². The van der Waals surface area contributed by atoms with Crippen LogP contribution < -0.4 is 0 Å². The summed E-state index contributed by atoms with van der Waals surface area (Å²) in [4.78, 5) is 0. The molecule has 2 heteroatoms. The van der Waals surface area contributed by atoms with Gasteiger partial charge in [0, 0.05) is 27.4 Å². The predicted molar refractivity (Wildman–Crippen MR) is 49.2 cm³/mol. The van der Waals surface area contributed by atoms with Gasteiger partial charge in [0.1, 0.15) is 0 Å². The average molecular weight is 172 g/mol. The van der Waals surface area contributed by atoms with Crippen LogP contribution in [0.25, 0.3) is 0 Å². The van der Waals surface area contributed by atoms with E-state index in [0.29, 0.717) is 0 Å². The molecule has 1 aliphatic rings. The normalized spacial score (nSPS) is 30.5. The van der Waals surface area contributed by atoms with Crippen molar-refractivity contribution in [2.45, 2.75) is 25.7 Å². The molecule has 1 fully saturated rings. The monoisotopic (exact) mass is 172 g/mol. The van der Waals surface area contributed by atoms with Crippen molar-refractivity contribution < 1.29 is 9.47 Å². The summed E-state index contributed by atoms with van der Waals surface area (Å²) < 4.78 is 10.4. The van der Waals surface area contributed by atoms with Gasteiger partial charge in [-0.15, -0.1) is 0 Å². The fraction of sp³-hybridized carbons (Fsp3) is 1.00. The summed E-state index contributed by atoms with van der Waals surface area (Å²) in [5.74, 6) is 1.48. The summed E-state index contributed by atoms with van der Waals surface area (Å²) in [7, 11) is 3.58. The molecule has 0 heterocycles. The lowest BCUT2D eigenvalue weighted by Crippen LogP contribution is -2.26. The second kappa shape index (κ2) is 5.55. The highest BCUT2D eigenvalue weighted by Crippen LogP contribution is 2.30. The zero-order valence-corrected chi connectivity index (χ0v) is 8.21. The smallest absolute Gasteiger partial charge is 0.0493 e. The van der Waals surface area contributed by atoms with Crippen molar-refractivity contribution >= 4 is 0 Å². The largest absolute Gasteiger partial charge is 0.384 e. The molecule has 0 radical (unpaired) electrons. The molecule has 2 nitrogen and oxygen atoms in total. The molecule has 0 aromatic heterocycles. The molecule has 1 saturated carbocycles.